The molecule has 1 atom stereocenters. The highest BCUT2D eigenvalue weighted by molar-refractivity contribution is 5.83. The predicted octanol–water partition coefficient (Wildman–Crippen LogP) is 2.76. The van der Waals surface area contributed by atoms with Crippen LogP contribution in [-0.2, 0) is 0 Å². The molecule has 0 N–H and O–H groups in total. The van der Waals surface area contributed by atoms with Gasteiger partial charge >= 0.3 is 0 Å². The summed E-state index contributed by atoms with van der Waals surface area (Å²) >= 11 is 0. The largest absolute Gasteiger partial charge is 0.296 e. The standard InChI is InChI=1S/C16H14N4O/c1-12(13-6-3-2-4-7-13)20-16(15(11-21)18-19-20)14-8-5-9-17-10-14/h2-12H,1H3. The zero-order chi connectivity index (χ0) is 14.7. The van der Waals surface area contributed by atoms with E-state index in [2.05, 4.69) is 15.3 Å². The fraction of sp³-hybridized carbons (Fsp3) is 0.125. The Morgan fingerprint density at radius 1 is 1.14 bits per heavy atom. The highest BCUT2D eigenvalue weighted by Gasteiger charge is 2.19. The van der Waals surface area contributed by atoms with Crippen molar-refractivity contribution in [2.45, 2.75) is 13.0 Å². The van der Waals surface area contributed by atoms with E-state index >= 15 is 0 Å². The molecular weight excluding hydrogens is 264 g/mol. The third kappa shape index (κ3) is 2.45. The fourth-order valence-corrected chi connectivity index (χ4v) is 2.31. The first-order valence-corrected chi connectivity index (χ1v) is 6.67. The molecular formula is C16H14N4O. The van der Waals surface area contributed by atoms with Gasteiger partial charge in [0.15, 0.2) is 12.0 Å². The number of hydrogen-bond acceptors (Lipinski definition) is 4. The van der Waals surface area contributed by atoms with Crippen molar-refractivity contribution in [3.8, 4) is 11.3 Å². The molecule has 1 aromatic carbocycles. The minimum atomic E-state index is -0.0254. The monoisotopic (exact) mass is 278 g/mol. The second-order valence-corrected chi connectivity index (χ2v) is 4.71. The predicted molar refractivity (Wildman–Crippen MR) is 78.9 cm³/mol. The first-order valence-electron chi connectivity index (χ1n) is 6.67. The number of carbonyl (C=O) groups is 1. The smallest absolute Gasteiger partial charge is 0.172 e. The molecule has 0 aliphatic heterocycles. The van der Waals surface area contributed by atoms with Crippen molar-refractivity contribution in [1.29, 1.82) is 0 Å². The first kappa shape index (κ1) is 13.2. The van der Waals surface area contributed by atoms with Crippen molar-refractivity contribution in [2.75, 3.05) is 0 Å². The van der Waals surface area contributed by atoms with Gasteiger partial charge in [0.25, 0.3) is 0 Å². The van der Waals surface area contributed by atoms with E-state index in [4.69, 9.17) is 0 Å². The first-order chi connectivity index (χ1) is 10.3. The third-order valence-corrected chi connectivity index (χ3v) is 3.42. The fourth-order valence-electron chi connectivity index (χ4n) is 2.31. The van der Waals surface area contributed by atoms with Gasteiger partial charge < -0.3 is 0 Å². The Morgan fingerprint density at radius 3 is 2.62 bits per heavy atom. The maximum atomic E-state index is 11.2. The van der Waals surface area contributed by atoms with Crippen LogP contribution < -0.4 is 0 Å². The SMILES string of the molecule is CC(c1ccccc1)n1nnc(C=O)c1-c1cccnc1. The second kappa shape index (κ2) is 5.66. The molecule has 0 aliphatic carbocycles. The molecule has 0 aliphatic rings. The number of hydrogen-bond donors (Lipinski definition) is 0. The summed E-state index contributed by atoms with van der Waals surface area (Å²) in [6.07, 6.45) is 4.13. The topological polar surface area (TPSA) is 60.7 Å². The van der Waals surface area contributed by atoms with E-state index in [1.807, 2.05) is 49.4 Å². The summed E-state index contributed by atoms with van der Waals surface area (Å²) in [6, 6.07) is 13.7. The number of rotatable bonds is 4. The highest BCUT2D eigenvalue weighted by atomic mass is 16.1. The van der Waals surface area contributed by atoms with Gasteiger partial charge in [0.2, 0.25) is 0 Å². The van der Waals surface area contributed by atoms with E-state index < -0.39 is 0 Å². The lowest BCUT2D eigenvalue weighted by atomic mass is 10.1. The number of aromatic nitrogens is 4. The van der Waals surface area contributed by atoms with Gasteiger partial charge in [-0.25, -0.2) is 4.68 Å². The Labute approximate surface area is 122 Å². The molecule has 0 fully saturated rings. The lowest BCUT2D eigenvalue weighted by molar-refractivity contribution is 0.111. The van der Waals surface area contributed by atoms with Crippen LogP contribution in [0.15, 0.2) is 54.9 Å². The molecule has 0 spiro atoms. The van der Waals surface area contributed by atoms with E-state index in [-0.39, 0.29) is 6.04 Å². The van der Waals surface area contributed by atoms with E-state index in [1.165, 1.54) is 0 Å². The zero-order valence-electron chi connectivity index (χ0n) is 11.5. The van der Waals surface area contributed by atoms with Crippen molar-refractivity contribution in [3.63, 3.8) is 0 Å². The molecule has 2 aromatic heterocycles. The van der Waals surface area contributed by atoms with Crippen LogP contribution in [0.25, 0.3) is 11.3 Å². The molecule has 0 bridgehead atoms. The van der Waals surface area contributed by atoms with Crippen LogP contribution in [0, 0.1) is 0 Å². The lowest BCUT2D eigenvalue weighted by Gasteiger charge is -2.15. The summed E-state index contributed by atoms with van der Waals surface area (Å²) < 4.78 is 1.76. The van der Waals surface area contributed by atoms with Gasteiger partial charge in [-0.2, -0.15) is 0 Å². The van der Waals surface area contributed by atoms with Crippen LogP contribution >= 0.6 is 0 Å². The van der Waals surface area contributed by atoms with Crippen LogP contribution in [0.5, 0.6) is 0 Å². The van der Waals surface area contributed by atoms with Crippen molar-refractivity contribution in [1.82, 2.24) is 20.0 Å². The number of benzene rings is 1. The average Bonchev–Trinajstić information content (AvgIpc) is 2.99. The summed E-state index contributed by atoms with van der Waals surface area (Å²) in [5, 5.41) is 8.12. The molecule has 0 amide bonds. The van der Waals surface area contributed by atoms with Crippen LogP contribution in [0.3, 0.4) is 0 Å². The Morgan fingerprint density at radius 2 is 1.95 bits per heavy atom. The summed E-state index contributed by atoms with van der Waals surface area (Å²) in [4.78, 5) is 15.3. The normalized spacial score (nSPS) is 12.0. The Bertz CT molecular complexity index is 737. The van der Waals surface area contributed by atoms with Gasteiger partial charge in [-0.3, -0.25) is 9.78 Å². The van der Waals surface area contributed by atoms with Crippen molar-refractivity contribution in [3.05, 3.63) is 66.1 Å². The number of pyridine rings is 1. The molecule has 0 saturated heterocycles. The number of nitrogens with zero attached hydrogens (tertiary/aromatic N) is 4. The molecule has 2 heterocycles. The summed E-state index contributed by atoms with van der Waals surface area (Å²) in [5.74, 6) is 0. The number of aldehydes is 1. The van der Waals surface area contributed by atoms with Gasteiger partial charge in [-0.15, -0.1) is 5.10 Å². The van der Waals surface area contributed by atoms with Crippen LogP contribution in [0.1, 0.15) is 29.0 Å². The quantitative estimate of drug-likeness (QED) is 0.688. The molecule has 21 heavy (non-hydrogen) atoms. The lowest BCUT2D eigenvalue weighted by Crippen LogP contribution is -2.10. The van der Waals surface area contributed by atoms with Gasteiger partial charge in [0.05, 0.1) is 6.04 Å². The average molecular weight is 278 g/mol. The minimum Gasteiger partial charge on any atom is -0.296 e. The van der Waals surface area contributed by atoms with Gasteiger partial charge in [-0.05, 0) is 24.6 Å². The van der Waals surface area contributed by atoms with Gasteiger partial charge in [-0.1, -0.05) is 35.5 Å². The summed E-state index contributed by atoms with van der Waals surface area (Å²) in [7, 11) is 0. The van der Waals surface area contributed by atoms with Crippen molar-refractivity contribution in [2.24, 2.45) is 0 Å². The number of carbonyl (C=O) groups excluding carboxylic acids is 1. The molecule has 3 rings (SSSR count). The molecule has 5 heteroatoms. The summed E-state index contributed by atoms with van der Waals surface area (Å²) in [5.41, 5.74) is 2.94. The maximum absolute atomic E-state index is 11.2. The van der Waals surface area contributed by atoms with E-state index in [9.17, 15) is 4.79 Å². The maximum Gasteiger partial charge on any atom is 0.172 e. The third-order valence-electron chi connectivity index (χ3n) is 3.42. The molecule has 1 unspecified atom stereocenters. The molecule has 104 valence electrons. The Balaban J connectivity index is 2.12. The van der Waals surface area contributed by atoms with Crippen LogP contribution in [0.4, 0.5) is 0 Å². The van der Waals surface area contributed by atoms with E-state index in [0.717, 1.165) is 17.4 Å². The Hall–Kier alpha value is -2.82. The van der Waals surface area contributed by atoms with E-state index in [1.54, 1.807) is 17.1 Å². The minimum absolute atomic E-state index is 0.0254. The van der Waals surface area contributed by atoms with E-state index in [0.29, 0.717) is 11.4 Å². The van der Waals surface area contributed by atoms with Gasteiger partial charge in [0.1, 0.15) is 5.69 Å². The molecule has 3 aromatic rings. The second-order valence-electron chi connectivity index (χ2n) is 4.71. The highest BCUT2D eigenvalue weighted by Crippen LogP contribution is 2.26. The van der Waals surface area contributed by atoms with Crippen molar-refractivity contribution >= 4 is 6.29 Å². The summed E-state index contributed by atoms with van der Waals surface area (Å²) in [6.45, 7) is 2.03. The van der Waals surface area contributed by atoms with Crippen LogP contribution in [0.2, 0.25) is 0 Å². The molecule has 0 radical (unpaired) electrons. The van der Waals surface area contributed by atoms with Gasteiger partial charge in [0, 0.05) is 18.0 Å². The van der Waals surface area contributed by atoms with Crippen LogP contribution in [-0.4, -0.2) is 26.3 Å². The van der Waals surface area contributed by atoms with Crippen molar-refractivity contribution < 1.29 is 4.79 Å². The molecule has 5 nitrogen and oxygen atoms in total. The molecule has 0 saturated carbocycles. The zero-order valence-corrected chi connectivity index (χ0v) is 11.5. The Kier molecular flexibility index (Phi) is 3.55.